The van der Waals surface area contributed by atoms with E-state index in [1.807, 2.05) is 97.0 Å². The second kappa shape index (κ2) is 29.3. The quantitative estimate of drug-likeness (QED) is 0.0942. The zero-order chi connectivity index (χ0) is 53.0. The van der Waals surface area contributed by atoms with Crippen molar-refractivity contribution in [1.82, 2.24) is 19.9 Å². The normalized spacial score (nSPS) is 13.0. The van der Waals surface area contributed by atoms with Crippen molar-refractivity contribution in [2.45, 2.75) is 168 Å². The zero-order valence-electron chi connectivity index (χ0n) is 46.7. The molecule has 8 nitrogen and oxygen atoms in total. The first-order valence-electron chi connectivity index (χ1n) is 25.5. The Morgan fingerprint density at radius 2 is 0.890 bits per heavy atom. The van der Waals surface area contributed by atoms with Crippen LogP contribution in [-0.2, 0) is 53.1 Å². The van der Waals surface area contributed by atoms with Gasteiger partial charge in [0.05, 0.1) is 52.2 Å². The van der Waals surface area contributed by atoms with Crippen molar-refractivity contribution < 1.29 is 60.6 Å². The first-order valence-corrected chi connectivity index (χ1v) is 25.5. The Bertz CT molecular complexity index is 2630. The van der Waals surface area contributed by atoms with Crippen LogP contribution >= 0.6 is 0 Å². The van der Waals surface area contributed by atoms with Crippen LogP contribution in [-0.4, -0.2) is 64.8 Å². The van der Waals surface area contributed by atoms with Gasteiger partial charge in [-0.05, 0) is 106 Å². The van der Waals surface area contributed by atoms with E-state index in [1.54, 1.807) is 13.8 Å². The summed E-state index contributed by atoms with van der Waals surface area (Å²) in [4.78, 5) is 19.6. The van der Waals surface area contributed by atoms with E-state index in [4.69, 9.17) is 30.1 Å². The number of hydrogen-bond acceptors (Lipinski definition) is 8. The molecule has 0 spiro atoms. The number of hydrogen-bond donors (Lipinski definition) is 4. The Labute approximate surface area is 466 Å². The largest absolute Gasteiger partial charge is 0.393 e. The average molecular weight is 1350 g/mol. The van der Waals surface area contributed by atoms with Crippen LogP contribution in [0.5, 0.6) is 0 Å². The predicted octanol–water partition coefficient (Wildman–Crippen LogP) is 14.1. The van der Waals surface area contributed by atoms with Crippen molar-refractivity contribution in [3.05, 3.63) is 142 Å². The van der Waals surface area contributed by atoms with E-state index in [-0.39, 0.29) is 63.2 Å². The van der Waals surface area contributed by atoms with E-state index in [2.05, 4.69) is 110 Å². The van der Waals surface area contributed by atoms with Crippen LogP contribution in [0.15, 0.2) is 91.0 Å². The van der Waals surface area contributed by atoms with E-state index in [0.717, 1.165) is 79.9 Å². The molecular formula is C63H84Ir2N4O4-2. The Morgan fingerprint density at radius 1 is 0.466 bits per heavy atom. The van der Waals surface area contributed by atoms with Crippen molar-refractivity contribution in [3.8, 4) is 33.8 Å². The average Bonchev–Trinajstić information content (AvgIpc) is 3.24. The summed E-state index contributed by atoms with van der Waals surface area (Å²) in [6.07, 6.45) is 1.40. The number of aryl methyl sites for hydroxylation is 5. The van der Waals surface area contributed by atoms with Crippen molar-refractivity contribution >= 4 is 22.1 Å². The standard InChI is InChI=1S/C24H21N2.C23H27N2.C11H24O2.C5H12O2.2Ir/c1-15-9-16(2)12-19(11-15)23-24(20-13-17(3)10-18(4)14-20)26-22-8-6-5-7-21(22)25-23;1-15(2)10-18-12-19(11-16(3)4)14-20(13-18)23-17(5)24-21-8-6-7-9-22(21)25-23;1-10(2,3)8(12)7-9(13)11(4,5)6;1-4(6)3-5(2)7;;/h5-13H,1-4H3;6-9,12-13,15-16H,10-11H2,1-5H3;8-9,12-13H,7H2,1-6H3;4-7H,3H2,1-2H3;;/q2*-1;;;;. The van der Waals surface area contributed by atoms with Gasteiger partial charge < -0.3 is 20.4 Å². The number of aliphatic hydroxyl groups excluding tert-OH is 4. The van der Waals surface area contributed by atoms with Crippen LogP contribution in [0.25, 0.3) is 55.8 Å². The number of aromatic nitrogens is 4. The Balaban J connectivity index is 0.000000363. The summed E-state index contributed by atoms with van der Waals surface area (Å²) in [7, 11) is 0. The molecule has 0 aliphatic heterocycles. The Kier molecular flexibility index (Phi) is 26.1. The molecule has 400 valence electrons. The van der Waals surface area contributed by atoms with E-state index in [0.29, 0.717) is 24.7 Å². The molecule has 0 saturated heterocycles. The van der Waals surface area contributed by atoms with Gasteiger partial charge in [0.2, 0.25) is 0 Å². The first-order chi connectivity index (χ1) is 33.1. The van der Waals surface area contributed by atoms with Crippen LogP contribution in [0.4, 0.5) is 0 Å². The van der Waals surface area contributed by atoms with Gasteiger partial charge in [0, 0.05) is 63.7 Å². The SMILES string of the molecule is CC(C)(C)C(O)CC(O)C(C)(C)C.CC(O)CC(C)O.Cc1[c-]c(-c2nc3ccccc3nc2-c2cc(C)cc(C)c2)cc(C)c1.Cc1nc2ccccc2nc1-c1[c-]c(CC(C)C)cc(CC(C)C)c1.[Ir].[Ir]. The van der Waals surface area contributed by atoms with Gasteiger partial charge in [-0.3, -0.25) is 19.9 Å². The maximum Gasteiger partial charge on any atom is 0.0875 e. The molecule has 0 aliphatic rings. The Hall–Kier alpha value is -4.08. The second-order valence-electron chi connectivity index (χ2n) is 22.7. The van der Waals surface area contributed by atoms with Crippen molar-refractivity contribution in [3.63, 3.8) is 0 Å². The van der Waals surface area contributed by atoms with Gasteiger partial charge in [0.15, 0.2) is 0 Å². The summed E-state index contributed by atoms with van der Waals surface area (Å²) >= 11 is 0. The summed E-state index contributed by atoms with van der Waals surface area (Å²) in [5.41, 5.74) is 17.7. The molecule has 7 aromatic rings. The molecule has 0 fully saturated rings. The smallest absolute Gasteiger partial charge is 0.0875 e. The third-order valence-electron chi connectivity index (χ3n) is 11.9. The molecule has 10 heteroatoms. The van der Waals surface area contributed by atoms with Crippen LogP contribution in [0.3, 0.4) is 0 Å². The fourth-order valence-electron chi connectivity index (χ4n) is 8.24. The molecule has 4 atom stereocenters. The van der Waals surface area contributed by atoms with Gasteiger partial charge in [0.1, 0.15) is 0 Å². The van der Waals surface area contributed by atoms with Crippen molar-refractivity contribution in [2.24, 2.45) is 22.7 Å². The molecule has 0 saturated carbocycles. The van der Waals surface area contributed by atoms with Gasteiger partial charge in [-0.2, -0.15) is 0 Å². The van der Waals surface area contributed by atoms with E-state index >= 15 is 0 Å². The van der Waals surface area contributed by atoms with Crippen molar-refractivity contribution in [2.75, 3.05) is 0 Å². The van der Waals surface area contributed by atoms with Crippen LogP contribution < -0.4 is 0 Å². The molecule has 0 bridgehead atoms. The minimum Gasteiger partial charge on any atom is -0.393 e. The second-order valence-corrected chi connectivity index (χ2v) is 22.7. The molecule has 4 N–H and O–H groups in total. The van der Waals surface area contributed by atoms with Gasteiger partial charge in [-0.25, -0.2) is 0 Å². The molecule has 7 rings (SSSR count). The maximum atomic E-state index is 9.76. The van der Waals surface area contributed by atoms with E-state index in [9.17, 15) is 10.2 Å². The molecule has 2 radical (unpaired) electrons. The van der Waals surface area contributed by atoms with Gasteiger partial charge in [-0.15, -0.1) is 69.8 Å². The molecule has 73 heavy (non-hydrogen) atoms. The van der Waals surface area contributed by atoms with Gasteiger partial charge >= 0.3 is 0 Å². The first kappa shape index (κ1) is 65.0. The minimum absolute atomic E-state index is 0. The minimum atomic E-state index is -0.443. The molecule has 2 heterocycles. The zero-order valence-corrected chi connectivity index (χ0v) is 51.5. The maximum absolute atomic E-state index is 9.76. The molecule has 2 aromatic heterocycles. The number of aliphatic hydroxyl groups is 4. The number of fused-ring (bicyclic) bond motifs is 2. The molecular weight excluding hydrogens is 1260 g/mol. The third-order valence-corrected chi connectivity index (χ3v) is 11.9. The summed E-state index contributed by atoms with van der Waals surface area (Å²) < 4.78 is 0. The third kappa shape index (κ3) is 21.2. The number of nitrogens with zero attached hydrogens (tertiary/aromatic N) is 4. The topological polar surface area (TPSA) is 132 Å². The summed E-state index contributed by atoms with van der Waals surface area (Å²) in [5, 5.41) is 36.6. The Morgan fingerprint density at radius 3 is 1.32 bits per heavy atom. The van der Waals surface area contributed by atoms with Crippen molar-refractivity contribution in [1.29, 1.82) is 0 Å². The number of benzene rings is 5. The summed E-state index contributed by atoms with van der Waals surface area (Å²) in [6, 6.07) is 38.5. The van der Waals surface area contributed by atoms with Crippen LogP contribution in [0.1, 0.15) is 135 Å². The molecule has 4 unspecified atom stereocenters. The molecule has 0 amide bonds. The van der Waals surface area contributed by atoms with Crippen LogP contribution in [0, 0.1) is 69.4 Å². The molecule has 5 aromatic carbocycles. The van der Waals surface area contributed by atoms with Gasteiger partial charge in [-0.1, -0.05) is 137 Å². The van der Waals surface area contributed by atoms with Crippen LogP contribution in [0.2, 0.25) is 0 Å². The molecule has 0 aliphatic carbocycles. The number of rotatable bonds is 11. The number of para-hydroxylation sites is 4. The summed E-state index contributed by atoms with van der Waals surface area (Å²) in [5.74, 6) is 1.24. The van der Waals surface area contributed by atoms with E-state index < -0.39 is 12.2 Å². The van der Waals surface area contributed by atoms with Gasteiger partial charge in [0.25, 0.3) is 0 Å². The predicted molar refractivity (Wildman–Crippen MR) is 297 cm³/mol. The summed E-state index contributed by atoms with van der Waals surface area (Å²) in [6.45, 7) is 34.7. The fraction of sp³-hybridized carbons (Fsp3) is 0.460. The van der Waals surface area contributed by atoms with E-state index in [1.165, 1.54) is 27.8 Å². The monoisotopic (exact) mass is 1350 g/mol. The fourth-order valence-corrected chi connectivity index (χ4v) is 8.24.